The average molecular weight is 576 g/mol. The monoisotopic (exact) mass is 575 g/mol. The van der Waals surface area contributed by atoms with E-state index in [0.29, 0.717) is 11.1 Å². The number of rotatable bonds is 8. The highest BCUT2D eigenvalue weighted by Crippen LogP contribution is 2.31. The van der Waals surface area contributed by atoms with Gasteiger partial charge in [-0.25, -0.2) is 4.98 Å². The lowest BCUT2D eigenvalue weighted by molar-refractivity contribution is 0.101. The third-order valence-electron chi connectivity index (χ3n) is 7.20. The summed E-state index contributed by atoms with van der Waals surface area (Å²) >= 11 is 0. The molecule has 0 bridgehead atoms. The predicted octanol–water partition coefficient (Wildman–Crippen LogP) is 8.60. The summed E-state index contributed by atoms with van der Waals surface area (Å²) in [6.45, 7) is 0. The Balaban J connectivity index is 1.31. The maximum Gasteiger partial charge on any atom is 0.255 e. The highest BCUT2D eigenvalue weighted by Gasteiger charge is 2.13. The van der Waals surface area contributed by atoms with E-state index in [1.165, 1.54) is 0 Å². The molecule has 0 atom stereocenters. The van der Waals surface area contributed by atoms with E-state index in [9.17, 15) is 9.59 Å². The fraction of sp³-hybridized carbons (Fsp3) is 0.0263. The third-order valence-corrected chi connectivity index (χ3v) is 7.20. The van der Waals surface area contributed by atoms with Crippen molar-refractivity contribution in [3.63, 3.8) is 0 Å². The van der Waals surface area contributed by atoms with Gasteiger partial charge in [-0.05, 0) is 83.9 Å². The average Bonchev–Trinajstić information content (AvgIpc) is 3.09. The van der Waals surface area contributed by atoms with Crippen LogP contribution in [0, 0.1) is 0 Å². The van der Waals surface area contributed by atoms with Gasteiger partial charge in [-0.3, -0.25) is 9.59 Å². The Morgan fingerprint density at radius 3 is 1.32 bits per heavy atom. The van der Waals surface area contributed by atoms with Crippen molar-refractivity contribution < 1.29 is 14.3 Å². The molecule has 6 nitrogen and oxygen atoms in total. The summed E-state index contributed by atoms with van der Waals surface area (Å²) in [7, 11) is 1.64. The summed E-state index contributed by atoms with van der Waals surface area (Å²) in [5, 5.41) is 5.84. The number of pyridine rings is 1. The number of para-hydroxylation sites is 2. The molecule has 0 radical (unpaired) electrons. The molecular weight excluding hydrogens is 546 g/mol. The molecular formula is C38H29N3O3. The molecule has 1 aromatic heterocycles. The molecule has 0 aliphatic heterocycles. The minimum atomic E-state index is -0.181. The van der Waals surface area contributed by atoms with Crippen molar-refractivity contribution in [3.05, 3.63) is 157 Å². The Hall–Kier alpha value is -6.01. The van der Waals surface area contributed by atoms with Gasteiger partial charge in [0.2, 0.25) is 0 Å². The summed E-state index contributed by atoms with van der Waals surface area (Å²) in [6, 6.07) is 45.5. The summed E-state index contributed by atoms with van der Waals surface area (Å²) < 4.78 is 5.35. The molecule has 6 aromatic rings. The quantitative estimate of drug-likeness (QED) is 0.190. The van der Waals surface area contributed by atoms with Crippen LogP contribution < -0.4 is 15.4 Å². The van der Waals surface area contributed by atoms with Crippen molar-refractivity contribution in [3.8, 4) is 39.4 Å². The summed E-state index contributed by atoms with van der Waals surface area (Å²) in [5.41, 5.74) is 7.82. The number of hydrogen-bond acceptors (Lipinski definition) is 4. The van der Waals surface area contributed by atoms with Gasteiger partial charge in [-0.2, -0.15) is 0 Å². The van der Waals surface area contributed by atoms with E-state index in [2.05, 4.69) is 10.6 Å². The minimum Gasteiger partial charge on any atom is -0.497 e. The second-order valence-electron chi connectivity index (χ2n) is 10.1. The molecule has 44 heavy (non-hydrogen) atoms. The number of methoxy groups -OCH3 is 1. The van der Waals surface area contributed by atoms with Gasteiger partial charge >= 0.3 is 0 Å². The normalized spacial score (nSPS) is 10.6. The number of amides is 2. The first-order chi connectivity index (χ1) is 21.6. The van der Waals surface area contributed by atoms with Crippen LogP contribution in [0.15, 0.2) is 146 Å². The van der Waals surface area contributed by atoms with E-state index in [0.717, 1.165) is 50.8 Å². The molecule has 0 aliphatic carbocycles. The fourth-order valence-corrected chi connectivity index (χ4v) is 4.81. The highest BCUT2D eigenvalue weighted by atomic mass is 16.5. The Labute approximate surface area is 256 Å². The summed E-state index contributed by atoms with van der Waals surface area (Å²) in [5.74, 6) is 0.413. The van der Waals surface area contributed by atoms with Crippen LogP contribution in [-0.4, -0.2) is 23.9 Å². The van der Waals surface area contributed by atoms with Crippen LogP contribution in [-0.2, 0) is 0 Å². The molecule has 214 valence electrons. The Kier molecular flexibility index (Phi) is 8.23. The first kappa shape index (κ1) is 28.1. The van der Waals surface area contributed by atoms with Gasteiger partial charge in [0.15, 0.2) is 0 Å². The van der Waals surface area contributed by atoms with Gasteiger partial charge < -0.3 is 15.4 Å². The molecule has 0 saturated heterocycles. The van der Waals surface area contributed by atoms with Crippen molar-refractivity contribution in [2.75, 3.05) is 17.7 Å². The zero-order valence-corrected chi connectivity index (χ0v) is 24.0. The number of carbonyl (C=O) groups excluding carboxylic acids is 2. The maximum absolute atomic E-state index is 12.8. The molecule has 2 amide bonds. The largest absolute Gasteiger partial charge is 0.497 e. The zero-order valence-electron chi connectivity index (χ0n) is 24.0. The number of hydrogen-bond donors (Lipinski definition) is 2. The third kappa shape index (κ3) is 6.55. The maximum atomic E-state index is 12.8. The molecule has 0 aliphatic rings. The molecule has 1 heterocycles. The van der Waals surface area contributed by atoms with Crippen molar-refractivity contribution >= 4 is 23.2 Å². The van der Waals surface area contributed by atoms with E-state index in [4.69, 9.17) is 9.72 Å². The van der Waals surface area contributed by atoms with Gasteiger partial charge in [-0.1, -0.05) is 72.8 Å². The lowest BCUT2D eigenvalue weighted by atomic mass is 9.99. The van der Waals surface area contributed by atoms with Crippen LogP contribution in [0.1, 0.15) is 20.7 Å². The standard InChI is InChI=1S/C38H29N3O3/c1-44-34-22-20-26(21-23-34)31-24-35(27-12-16-29(17-13-27)37(42)39-32-8-4-2-5-9-32)41-36(25-31)28-14-18-30(19-15-28)38(43)40-33-10-6-3-7-11-33/h2-25H,1H3,(H,39,42)(H,40,43). The van der Waals surface area contributed by atoms with E-state index in [-0.39, 0.29) is 11.8 Å². The number of ether oxygens (including phenoxy) is 1. The van der Waals surface area contributed by atoms with Gasteiger partial charge in [0.05, 0.1) is 18.5 Å². The van der Waals surface area contributed by atoms with Crippen LogP contribution >= 0.6 is 0 Å². The fourth-order valence-electron chi connectivity index (χ4n) is 4.81. The summed E-state index contributed by atoms with van der Waals surface area (Å²) in [4.78, 5) is 30.6. The first-order valence-electron chi connectivity index (χ1n) is 14.2. The van der Waals surface area contributed by atoms with Crippen LogP contribution in [0.25, 0.3) is 33.6 Å². The lowest BCUT2D eigenvalue weighted by Crippen LogP contribution is -2.11. The van der Waals surface area contributed by atoms with Crippen LogP contribution in [0.3, 0.4) is 0 Å². The molecule has 5 aromatic carbocycles. The van der Waals surface area contributed by atoms with E-state index in [1.54, 1.807) is 31.4 Å². The Bertz CT molecular complexity index is 1770. The zero-order chi connectivity index (χ0) is 30.3. The van der Waals surface area contributed by atoms with E-state index < -0.39 is 0 Å². The first-order valence-corrected chi connectivity index (χ1v) is 14.2. The van der Waals surface area contributed by atoms with Crippen LogP contribution in [0.4, 0.5) is 11.4 Å². The SMILES string of the molecule is COc1ccc(-c2cc(-c3ccc(C(=O)Nc4ccccc4)cc3)nc(-c3ccc(C(=O)Nc4ccccc4)cc3)c2)cc1. The molecule has 0 unspecified atom stereocenters. The van der Waals surface area contributed by atoms with Crippen molar-refractivity contribution in [1.82, 2.24) is 4.98 Å². The Morgan fingerprint density at radius 1 is 0.500 bits per heavy atom. The van der Waals surface area contributed by atoms with Crippen molar-refractivity contribution in [2.24, 2.45) is 0 Å². The van der Waals surface area contributed by atoms with Crippen molar-refractivity contribution in [2.45, 2.75) is 0 Å². The number of aromatic nitrogens is 1. The van der Waals surface area contributed by atoms with Gasteiger partial charge in [0, 0.05) is 33.6 Å². The predicted molar refractivity (Wildman–Crippen MR) is 176 cm³/mol. The van der Waals surface area contributed by atoms with Gasteiger partial charge in [0.1, 0.15) is 5.75 Å². The van der Waals surface area contributed by atoms with E-state index >= 15 is 0 Å². The minimum absolute atomic E-state index is 0.181. The molecule has 2 N–H and O–H groups in total. The summed E-state index contributed by atoms with van der Waals surface area (Å²) in [6.07, 6.45) is 0. The molecule has 0 fully saturated rings. The lowest BCUT2D eigenvalue weighted by Gasteiger charge is -2.12. The van der Waals surface area contributed by atoms with E-state index in [1.807, 2.05) is 121 Å². The van der Waals surface area contributed by atoms with Gasteiger partial charge in [0.25, 0.3) is 11.8 Å². The number of anilines is 2. The Morgan fingerprint density at radius 2 is 0.909 bits per heavy atom. The number of benzene rings is 5. The molecule has 0 saturated carbocycles. The molecule has 6 heteroatoms. The van der Waals surface area contributed by atoms with Crippen LogP contribution in [0.5, 0.6) is 5.75 Å². The number of carbonyl (C=O) groups is 2. The number of nitrogens with zero attached hydrogens (tertiary/aromatic N) is 1. The topological polar surface area (TPSA) is 80.3 Å². The number of nitrogens with one attached hydrogen (secondary N) is 2. The second-order valence-corrected chi connectivity index (χ2v) is 10.1. The molecule has 0 spiro atoms. The van der Waals surface area contributed by atoms with Crippen LogP contribution in [0.2, 0.25) is 0 Å². The smallest absolute Gasteiger partial charge is 0.255 e. The molecule has 6 rings (SSSR count). The van der Waals surface area contributed by atoms with Crippen molar-refractivity contribution in [1.29, 1.82) is 0 Å². The second kappa shape index (κ2) is 12.9. The highest BCUT2D eigenvalue weighted by molar-refractivity contribution is 6.05. The van der Waals surface area contributed by atoms with Gasteiger partial charge in [-0.15, -0.1) is 0 Å².